The number of nitrogens with one attached hydrogen (secondary N) is 1. The van der Waals surface area contributed by atoms with Crippen LogP contribution in [-0.4, -0.2) is 5.91 Å². The highest BCUT2D eigenvalue weighted by Gasteiger charge is 2.12. The molecule has 0 aromatic heterocycles. The van der Waals surface area contributed by atoms with Gasteiger partial charge in [-0.25, -0.2) is 0 Å². The number of carbonyl (C=O) groups is 1. The molecule has 3 heteroatoms. The number of benzene rings is 1. The summed E-state index contributed by atoms with van der Waals surface area (Å²) in [5.41, 5.74) is 2.73. The number of anilines is 1. The quantitative estimate of drug-likeness (QED) is 0.638. The molecule has 1 aromatic rings. The molecule has 3 nitrogen and oxygen atoms in total. The number of amides is 1. The van der Waals surface area contributed by atoms with Crippen molar-refractivity contribution in [2.45, 2.75) is 27.2 Å². The van der Waals surface area contributed by atoms with Gasteiger partial charge in [-0.1, -0.05) is 30.7 Å². The summed E-state index contributed by atoms with van der Waals surface area (Å²) in [5.74, 6) is -0.332. The van der Waals surface area contributed by atoms with Crippen LogP contribution in [0.4, 0.5) is 5.69 Å². The molecule has 0 aliphatic rings. The molecular weight excluding hydrogens is 212 g/mol. The lowest BCUT2D eigenvalue weighted by atomic mass is 10.1. The molecule has 0 atom stereocenters. The standard InChI is InChI=1S/C14H16N2O/c1-4-10(2)12(9-15)14(17)16-13-8-6-5-7-11(13)3/h5-8H,4H2,1-3H3,(H,16,17)/b12-10+. The summed E-state index contributed by atoms with van der Waals surface area (Å²) in [6.45, 7) is 5.64. The number of hydrogen-bond acceptors (Lipinski definition) is 2. The van der Waals surface area contributed by atoms with E-state index in [1.807, 2.05) is 44.2 Å². The fraction of sp³-hybridized carbons (Fsp3) is 0.286. The number of hydrogen-bond donors (Lipinski definition) is 1. The number of allylic oxidation sites excluding steroid dienone is 1. The summed E-state index contributed by atoms with van der Waals surface area (Å²) < 4.78 is 0. The number of para-hydroxylation sites is 1. The summed E-state index contributed by atoms with van der Waals surface area (Å²) in [5, 5.41) is 11.7. The highest BCUT2D eigenvalue weighted by molar-refractivity contribution is 6.07. The van der Waals surface area contributed by atoms with Crippen LogP contribution < -0.4 is 5.32 Å². The minimum atomic E-state index is -0.332. The predicted molar refractivity (Wildman–Crippen MR) is 68.4 cm³/mol. The van der Waals surface area contributed by atoms with Crippen molar-refractivity contribution < 1.29 is 4.79 Å². The SMILES string of the molecule is CC/C(C)=C(\C#N)C(=O)Nc1ccccc1C. The molecule has 1 amide bonds. The third-order valence-corrected chi connectivity index (χ3v) is 2.69. The Kier molecular flexibility index (Phi) is 4.47. The lowest BCUT2D eigenvalue weighted by Crippen LogP contribution is -2.15. The van der Waals surface area contributed by atoms with Gasteiger partial charge in [0.05, 0.1) is 0 Å². The van der Waals surface area contributed by atoms with Crippen LogP contribution in [0, 0.1) is 18.3 Å². The zero-order valence-corrected chi connectivity index (χ0v) is 10.4. The van der Waals surface area contributed by atoms with Crippen LogP contribution in [0.3, 0.4) is 0 Å². The van der Waals surface area contributed by atoms with Crippen molar-refractivity contribution in [1.29, 1.82) is 5.26 Å². The van der Waals surface area contributed by atoms with Gasteiger partial charge in [0.2, 0.25) is 0 Å². The van der Waals surface area contributed by atoms with E-state index in [2.05, 4.69) is 5.32 Å². The molecule has 0 saturated carbocycles. The van der Waals surface area contributed by atoms with Gasteiger partial charge < -0.3 is 5.32 Å². The Morgan fingerprint density at radius 2 is 2.06 bits per heavy atom. The second kappa shape index (κ2) is 5.86. The average Bonchev–Trinajstić information content (AvgIpc) is 2.32. The molecule has 0 spiro atoms. The monoisotopic (exact) mass is 228 g/mol. The lowest BCUT2D eigenvalue weighted by Gasteiger charge is -2.08. The van der Waals surface area contributed by atoms with E-state index in [0.717, 1.165) is 16.8 Å². The molecule has 0 fully saturated rings. The van der Waals surface area contributed by atoms with E-state index in [0.29, 0.717) is 6.42 Å². The van der Waals surface area contributed by atoms with Crippen molar-refractivity contribution in [3.63, 3.8) is 0 Å². The number of carbonyl (C=O) groups excluding carboxylic acids is 1. The summed E-state index contributed by atoms with van der Waals surface area (Å²) in [6.07, 6.45) is 0.698. The van der Waals surface area contributed by atoms with Crippen LogP contribution in [0.5, 0.6) is 0 Å². The molecule has 1 aromatic carbocycles. The third kappa shape index (κ3) is 3.18. The molecule has 0 aliphatic carbocycles. The normalized spacial score (nSPS) is 11.4. The summed E-state index contributed by atoms with van der Waals surface area (Å²) in [7, 11) is 0. The Balaban J connectivity index is 2.95. The van der Waals surface area contributed by atoms with Gasteiger partial charge in [0.15, 0.2) is 0 Å². The first-order valence-electron chi connectivity index (χ1n) is 5.57. The maximum absolute atomic E-state index is 11.9. The van der Waals surface area contributed by atoms with Gasteiger partial charge in [-0.05, 0) is 31.9 Å². The highest BCUT2D eigenvalue weighted by Crippen LogP contribution is 2.15. The molecule has 17 heavy (non-hydrogen) atoms. The van der Waals surface area contributed by atoms with Crippen molar-refractivity contribution >= 4 is 11.6 Å². The van der Waals surface area contributed by atoms with Crippen LogP contribution in [0.25, 0.3) is 0 Å². The minimum Gasteiger partial charge on any atom is -0.321 e. The molecule has 88 valence electrons. The Hall–Kier alpha value is -2.08. The fourth-order valence-electron chi connectivity index (χ4n) is 1.41. The molecule has 1 N–H and O–H groups in total. The molecule has 0 aliphatic heterocycles. The van der Waals surface area contributed by atoms with Crippen molar-refractivity contribution in [3.8, 4) is 6.07 Å². The van der Waals surface area contributed by atoms with Gasteiger partial charge in [-0.15, -0.1) is 0 Å². The van der Waals surface area contributed by atoms with Gasteiger partial charge in [-0.3, -0.25) is 4.79 Å². The number of nitrogens with zero attached hydrogens (tertiary/aromatic N) is 1. The Morgan fingerprint density at radius 3 is 2.59 bits per heavy atom. The van der Waals surface area contributed by atoms with Gasteiger partial charge >= 0.3 is 0 Å². The van der Waals surface area contributed by atoms with E-state index in [-0.39, 0.29) is 11.5 Å². The van der Waals surface area contributed by atoms with Crippen molar-refractivity contribution in [1.82, 2.24) is 0 Å². The largest absolute Gasteiger partial charge is 0.321 e. The van der Waals surface area contributed by atoms with Crippen LogP contribution >= 0.6 is 0 Å². The van der Waals surface area contributed by atoms with Crippen LogP contribution in [0.2, 0.25) is 0 Å². The molecule has 0 unspecified atom stereocenters. The van der Waals surface area contributed by atoms with Crippen molar-refractivity contribution in [2.75, 3.05) is 5.32 Å². The van der Waals surface area contributed by atoms with E-state index in [1.54, 1.807) is 6.92 Å². The van der Waals surface area contributed by atoms with Crippen LogP contribution in [0.15, 0.2) is 35.4 Å². The summed E-state index contributed by atoms with van der Waals surface area (Å²) in [6, 6.07) is 9.46. The highest BCUT2D eigenvalue weighted by atomic mass is 16.1. The van der Waals surface area contributed by atoms with Gasteiger partial charge in [-0.2, -0.15) is 5.26 Å². The molecule has 0 heterocycles. The maximum atomic E-state index is 11.9. The predicted octanol–water partition coefficient (Wildman–Crippen LogP) is 3.18. The molecular formula is C14H16N2O. The Bertz CT molecular complexity index is 495. The van der Waals surface area contributed by atoms with E-state index < -0.39 is 0 Å². The zero-order valence-electron chi connectivity index (χ0n) is 10.4. The average molecular weight is 228 g/mol. The van der Waals surface area contributed by atoms with E-state index in [9.17, 15) is 4.79 Å². The zero-order chi connectivity index (χ0) is 12.8. The number of rotatable bonds is 3. The first kappa shape index (κ1) is 13.0. The van der Waals surface area contributed by atoms with Crippen molar-refractivity contribution in [2.24, 2.45) is 0 Å². The molecule has 0 bridgehead atoms. The topological polar surface area (TPSA) is 52.9 Å². The van der Waals surface area contributed by atoms with E-state index in [4.69, 9.17) is 5.26 Å². The van der Waals surface area contributed by atoms with Gasteiger partial charge in [0.1, 0.15) is 11.6 Å². The number of aryl methyl sites for hydroxylation is 1. The molecule has 0 radical (unpaired) electrons. The van der Waals surface area contributed by atoms with Gasteiger partial charge in [0.25, 0.3) is 5.91 Å². The van der Waals surface area contributed by atoms with E-state index >= 15 is 0 Å². The maximum Gasteiger partial charge on any atom is 0.266 e. The van der Waals surface area contributed by atoms with E-state index in [1.165, 1.54) is 0 Å². The summed E-state index contributed by atoms with van der Waals surface area (Å²) >= 11 is 0. The minimum absolute atomic E-state index is 0.204. The first-order valence-corrected chi connectivity index (χ1v) is 5.57. The van der Waals surface area contributed by atoms with Gasteiger partial charge in [0, 0.05) is 5.69 Å². The smallest absolute Gasteiger partial charge is 0.266 e. The Morgan fingerprint density at radius 1 is 1.41 bits per heavy atom. The van der Waals surface area contributed by atoms with Crippen LogP contribution in [-0.2, 0) is 4.79 Å². The third-order valence-electron chi connectivity index (χ3n) is 2.69. The van der Waals surface area contributed by atoms with Crippen LogP contribution in [0.1, 0.15) is 25.8 Å². The number of nitriles is 1. The van der Waals surface area contributed by atoms with Crippen molar-refractivity contribution in [3.05, 3.63) is 41.0 Å². The first-order chi connectivity index (χ1) is 8.10. The second-order valence-corrected chi connectivity index (χ2v) is 3.89. The second-order valence-electron chi connectivity index (χ2n) is 3.89. The lowest BCUT2D eigenvalue weighted by molar-refractivity contribution is -0.112. The molecule has 1 rings (SSSR count). The fourth-order valence-corrected chi connectivity index (χ4v) is 1.41. The summed E-state index contributed by atoms with van der Waals surface area (Å²) in [4.78, 5) is 11.9. The molecule has 0 saturated heterocycles. The Labute approximate surface area is 102 Å².